The Labute approximate surface area is 133 Å². The van der Waals surface area contributed by atoms with Crippen LogP contribution in [0.5, 0.6) is 0 Å². The Balaban J connectivity index is 2.60. The van der Waals surface area contributed by atoms with Crippen LogP contribution < -0.4 is 11.0 Å². The summed E-state index contributed by atoms with van der Waals surface area (Å²) in [6, 6.07) is 0. The molecule has 9 heteroatoms. The highest BCUT2D eigenvalue weighted by Crippen LogP contribution is 2.14. The molecule has 124 valence electrons. The summed E-state index contributed by atoms with van der Waals surface area (Å²) in [6.07, 6.45) is 0.805. The van der Waals surface area contributed by atoms with E-state index < -0.39 is 0 Å². The Hall–Kier alpha value is -1.77. The highest BCUT2D eigenvalue weighted by molar-refractivity contribution is 7.99. The number of nitrogens with one attached hydrogen (secondary N) is 2. The van der Waals surface area contributed by atoms with Crippen LogP contribution in [-0.2, 0) is 16.1 Å². The molecule has 22 heavy (non-hydrogen) atoms. The molecule has 0 aliphatic carbocycles. The topological polar surface area (TPSA) is 100 Å². The lowest BCUT2D eigenvalue weighted by molar-refractivity contribution is -0.133. The van der Waals surface area contributed by atoms with Gasteiger partial charge in [-0.3, -0.25) is 14.2 Å². The van der Waals surface area contributed by atoms with Gasteiger partial charge in [0.05, 0.1) is 12.3 Å². The van der Waals surface area contributed by atoms with Crippen LogP contribution in [0.2, 0.25) is 0 Å². The predicted molar refractivity (Wildman–Crippen MR) is 84.8 cm³/mol. The molecule has 1 rings (SSSR count). The van der Waals surface area contributed by atoms with Crippen molar-refractivity contribution in [1.29, 1.82) is 0 Å². The Morgan fingerprint density at radius 1 is 1.36 bits per heavy atom. The quantitative estimate of drug-likeness (QED) is 0.624. The fourth-order valence-electron chi connectivity index (χ4n) is 1.85. The minimum atomic E-state index is -0.272. The lowest BCUT2D eigenvalue weighted by Crippen LogP contribution is -2.41. The van der Waals surface area contributed by atoms with E-state index in [-0.39, 0.29) is 29.8 Å². The van der Waals surface area contributed by atoms with Crippen molar-refractivity contribution in [1.82, 2.24) is 25.0 Å². The van der Waals surface area contributed by atoms with Crippen molar-refractivity contribution in [3.63, 3.8) is 0 Å². The molecule has 2 N–H and O–H groups in total. The first-order valence-corrected chi connectivity index (χ1v) is 8.34. The summed E-state index contributed by atoms with van der Waals surface area (Å²) in [5.74, 6) is -0.191. The van der Waals surface area contributed by atoms with E-state index in [1.54, 1.807) is 0 Å². The molecule has 0 atom stereocenters. The first-order chi connectivity index (χ1) is 10.5. The number of likely N-dealkylation sites (N-methyl/N-ethyl adjacent to an activating group) is 2. The summed E-state index contributed by atoms with van der Waals surface area (Å²) in [6.45, 7) is 7.22. The zero-order valence-electron chi connectivity index (χ0n) is 13.2. The van der Waals surface area contributed by atoms with Crippen molar-refractivity contribution in [3.05, 3.63) is 10.5 Å². The molecule has 0 saturated carbocycles. The number of nitrogens with zero attached hydrogens (tertiary/aromatic N) is 3. The lowest BCUT2D eigenvalue weighted by atomic mass is 10.4. The number of thioether (sulfide) groups is 1. The van der Waals surface area contributed by atoms with E-state index in [0.29, 0.717) is 24.8 Å². The fraction of sp³-hybridized carbons (Fsp3) is 0.692. The highest BCUT2D eigenvalue weighted by Gasteiger charge is 2.17. The predicted octanol–water partition coefficient (Wildman–Crippen LogP) is 0.0581. The summed E-state index contributed by atoms with van der Waals surface area (Å²) in [7, 11) is 0. The molecular formula is C13H23N5O3S. The van der Waals surface area contributed by atoms with Gasteiger partial charge in [-0.25, -0.2) is 9.89 Å². The third-order valence-corrected chi connectivity index (χ3v) is 3.90. The van der Waals surface area contributed by atoms with Crippen LogP contribution in [0.15, 0.2) is 9.95 Å². The van der Waals surface area contributed by atoms with E-state index in [4.69, 9.17) is 0 Å². The summed E-state index contributed by atoms with van der Waals surface area (Å²) in [5, 5.41) is 9.47. The second kappa shape index (κ2) is 9.29. The van der Waals surface area contributed by atoms with Crippen molar-refractivity contribution in [2.45, 2.75) is 38.9 Å². The van der Waals surface area contributed by atoms with Crippen LogP contribution in [0.4, 0.5) is 0 Å². The molecule has 0 aliphatic heterocycles. The van der Waals surface area contributed by atoms with Crippen LogP contribution in [0.25, 0.3) is 0 Å². The van der Waals surface area contributed by atoms with E-state index in [2.05, 4.69) is 15.5 Å². The minimum absolute atomic E-state index is 0.0477. The molecule has 0 aliphatic rings. The summed E-state index contributed by atoms with van der Waals surface area (Å²) in [4.78, 5) is 36.8. The molecule has 2 amide bonds. The SMILES string of the molecule is CCCn1c(SCC(=O)N(CC)CC(=O)NCC)n[nH]c1=O. The number of rotatable bonds is 9. The molecule has 8 nitrogen and oxygen atoms in total. The number of H-pyrrole nitrogens is 1. The molecule has 0 fully saturated rings. The van der Waals surface area contributed by atoms with Crippen molar-refractivity contribution in [2.24, 2.45) is 0 Å². The van der Waals surface area contributed by atoms with Gasteiger partial charge in [0, 0.05) is 19.6 Å². The number of aromatic amines is 1. The zero-order chi connectivity index (χ0) is 16.5. The highest BCUT2D eigenvalue weighted by atomic mass is 32.2. The molecule has 0 spiro atoms. The number of carbonyl (C=O) groups is 2. The van der Waals surface area contributed by atoms with Gasteiger partial charge in [0.2, 0.25) is 11.8 Å². The lowest BCUT2D eigenvalue weighted by Gasteiger charge is -2.19. The third kappa shape index (κ3) is 5.21. The van der Waals surface area contributed by atoms with Crippen molar-refractivity contribution in [2.75, 3.05) is 25.4 Å². The minimum Gasteiger partial charge on any atom is -0.355 e. The van der Waals surface area contributed by atoms with E-state index in [9.17, 15) is 14.4 Å². The number of aromatic nitrogens is 3. The third-order valence-electron chi connectivity index (χ3n) is 2.94. The van der Waals surface area contributed by atoms with Crippen molar-refractivity contribution < 1.29 is 9.59 Å². The number of hydrogen-bond donors (Lipinski definition) is 2. The van der Waals surface area contributed by atoms with Crippen LogP contribution in [0, 0.1) is 0 Å². The normalized spacial score (nSPS) is 10.5. The summed E-state index contributed by atoms with van der Waals surface area (Å²) < 4.78 is 1.51. The van der Waals surface area contributed by atoms with Gasteiger partial charge >= 0.3 is 5.69 Å². The zero-order valence-corrected chi connectivity index (χ0v) is 14.0. The average Bonchev–Trinajstić information content (AvgIpc) is 2.84. The number of amides is 2. The molecule has 0 aromatic carbocycles. The standard InChI is InChI=1S/C13H23N5O3S/c1-4-7-18-12(21)15-16-13(18)22-9-11(20)17(6-3)8-10(19)14-5-2/h4-9H2,1-3H3,(H,14,19)(H,15,21). The average molecular weight is 329 g/mol. The Morgan fingerprint density at radius 2 is 2.09 bits per heavy atom. The molecular weight excluding hydrogens is 306 g/mol. The Morgan fingerprint density at radius 3 is 2.68 bits per heavy atom. The van der Waals surface area contributed by atoms with Gasteiger partial charge in [-0.05, 0) is 20.3 Å². The monoisotopic (exact) mass is 329 g/mol. The molecule has 0 radical (unpaired) electrons. The van der Waals surface area contributed by atoms with Gasteiger partial charge in [0.15, 0.2) is 5.16 Å². The van der Waals surface area contributed by atoms with Gasteiger partial charge in [-0.2, -0.15) is 0 Å². The van der Waals surface area contributed by atoms with Crippen LogP contribution >= 0.6 is 11.8 Å². The van der Waals surface area contributed by atoms with Crippen molar-refractivity contribution in [3.8, 4) is 0 Å². The van der Waals surface area contributed by atoms with Crippen LogP contribution in [0.1, 0.15) is 27.2 Å². The molecule has 1 aromatic heterocycles. The van der Waals surface area contributed by atoms with Gasteiger partial charge in [-0.1, -0.05) is 18.7 Å². The van der Waals surface area contributed by atoms with E-state index in [1.165, 1.54) is 21.2 Å². The molecule has 0 unspecified atom stereocenters. The Bertz CT molecular complexity index is 554. The van der Waals surface area contributed by atoms with Gasteiger partial charge in [-0.15, -0.1) is 5.10 Å². The van der Waals surface area contributed by atoms with E-state index in [0.717, 1.165) is 6.42 Å². The van der Waals surface area contributed by atoms with E-state index >= 15 is 0 Å². The second-order valence-electron chi connectivity index (χ2n) is 4.61. The first-order valence-electron chi connectivity index (χ1n) is 7.35. The largest absolute Gasteiger partial charge is 0.355 e. The fourth-order valence-corrected chi connectivity index (χ4v) is 2.73. The molecule has 1 aromatic rings. The molecule has 1 heterocycles. The first kappa shape index (κ1) is 18.3. The van der Waals surface area contributed by atoms with Crippen LogP contribution in [-0.4, -0.2) is 56.9 Å². The smallest absolute Gasteiger partial charge is 0.343 e. The summed E-state index contributed by atoms with van der Waals surface area (Å²) in [5.41, 5.74) is -0.272. The summed E-state index contributed by atoms with van der Waals surface area (Å²) >= 11 is 1.20. The van der Waals surface area contributed by atoms with Gasteiger partial charge in [0.25, 0.3) is 0 Å². The van der Waals surface area contributed by atoms with E-state index in [1.807, 2.05) is 20.8 Å². The maximum atomic E-state index is 12.2. The number of hydrogen-bond acceptors (Lipinski definition) is 5. The van der Waals surface area contributed by atoms with Gasteiger partial charge in [0.1, 0.15) is 0 Å². The number of carbonyl (C=O) groups excluding carboxylic acids is 2. The molecule has 0 bridgehead atoms. The maximum absolute atomic E-state index is 12.2. The van der Waals surface area contributed by atoms with Crippen LogP contribution in [0.3, 0.4) is 0 Å². The Kier molecular flexibility index (Phi) is 7.72. The van der Waals surface area contributed by atoms with Crippen molar-refractivity contribution >= 4 is 23.6 Å². The second-order valence-corrected chi connectivity index (χ2v) is 5.56. The maximum Gasteiger partial charge on any atom is 0.343 e. The molecule has 0 saturated heterocycles. The van der Waals surface area contributed by atoms with Gasteiger partial charge < -0.3 is 10.2 Å².